The topological polar surface area (TPSA) is 24.5 Å². The molecule has 1 aromatic rings. The summed E-state index contributed by atoms with van der Waals surface area (Å²) in [5, 5.41) is 3.52. The molecule has 96 valence electrons. The second-order valence-electron chi connectivity index (χ2n) is 4.21. The molecule has 0 saturated heterocycles. The van der Waals surface area contributed by atoms with E-state index < -0.39 is 0 Å². The molecule has 0 heterocycles. The Kier molecular flexibility index (Phi) is 6.01. The van der Waals surface area contributed by atoms with E-state index >= 15 is 0 Å². The van der Waals surface area contributed by atoms with E-state index in [0.29, 0.717) is 6.04 Å². The first kappa shape index (κ1) is 14.0. The fourth-order valence-electron chi connectivity index (χ4n) is 1.91. The predicted molar refractivity (Wildman–Crippen MR) is 72.6 cm³/mol. The molecular weight excluding hydrogens is 212 g/mol. The van der Waals surface area contributed by atoms with E-state index in [1.807, 2.05) is 12.1 Å². The van der Waals surface area contributed by atoms with Crippen LogP contribution in [-0.4, -0.2) is 38.7 Å². The first-order chi connectivity index (χ1) is 8.22. The third-order valence-electron chi connectivity index (χ3n) is 3.00. The largest absolute Gasteiger partial charge is 0.496 e. The smallest absolute Gasteiger partial charge is 0.123 e. The van der Waals surface area contributed by atoms with Gasteiger partial charge in [-0.25, -0.2) is 0 Å². The van der Waals surface area contributed by atoms with Gasteiger partial charge in [-0.05, 0) is 26.2 Å². The maximum atomic E-state index is 5.43. The van der Waals surface area contributed by atoms with Gasteiger partial charge in [0.2, 0.25) is 0 Å². The Hall–Kier alpha value is -1.06. The summed E-state index contributed by atoms with van der Waals surface area (Å²) in [5.41, 5.74) is 1.23. The van der Waals surface area contributed by atoms with Gasteiger partial charge in [0.1, 0.15) is 5.75 Å². The van der Waals surface area contributed by atoms with Crippen LogP contribution in [0.1, 0.15) is 25.5 Å². The summed E-state index contributed by atoms with van der Waals surface area (Å²) in [6, 6.07) is 8.55. The number of hydrogen-bond donors (Lipinski definition) is 1. The summed E-state index contributed by atoms with van der Waals surface area (Å²) in [7, 11) is 3.87. The first-order valence-corrected chi connectivity index (χ1v) is 6.27. The second-order valence-corrected chi connectivity index (χ2v) is 4.21. The fourth-order valence-corrected chi connectivity index (χ4v) is 1.91. The minimum Gasteiger partial charge on any atom is -0.496 e. The maximum absolute atomic E-state index is 5.43. The SMILES string of the molecule is CCNC(CN(C)CC)c1ccccc1OC. The Morgan fingerprint density at radius 3 is 2.59 bits per heavy atom. The molecule has 17 heavy (non-hydrogen) atoms. The van der Waals surface area contributed by atoms with Crippen LogP contribution in [0, 0.1) is 0 Å². The Labute approximate surface area is 105 Å². The van der Waals surface area contributed by atoms with Gasteiger partial charge in [0.25, 0.3) is 0 Å². The van der Waals surface area contributed by atoms with E-state index in [2.05, 4.69) is 43.2 Å². The van der Waals surface area contributed by atoms with Gasteiger partial charge in [0.05, 0.1) is 7.11 Å². The molecule has 1 rings (SSSR count). The summed E-state index contributed by atoms with van der Waals surface area (Å²) in [5.74, 6) is 0.961. The lowest BCUT2D eigenvalue weighted by Gasteiger charge is -2.25. The molecular formula is C14H24N2O. The van der Waals surface area contributed by atoms with Gasteiger partial charge in [-0.1, -0.05) is 32.0 Å². The Bertz CT molecular complexity index is 328. The molecule has 1 N–H and O–H groups in total. The number of methoxy groups -OCH3 is 1. The normalized spacial score (nSPS) is 12.8. The monoisotopic (exact) mass is 236 g/mol. The highest BCUT2D eigenvalue weighted by atomic mass is 16.5. The maximum Gasteiger partial charge on any atom is 0.123 e. The summed E-state index contributed by atoms with van der Waals surface area (Å²) in [6.07, 6.45) is 0. The van der Waals surface area contributed by atoms with Crippen molar-refractivity contribution in [3.8, 4) is 5.75 Å². The predicted octanol–water partition coefficient (Wildman–Crippen LogP) is 2.30. The standard InChI is InChI=1S/C14H24N2O/c1-5-15-13(11-16(3)6-2)12-9-7-8-10-14(12)17-4/h7-10,13,15H,5-6,11H2,1-4H3. The van der Waals surface area contributed by atoms with Crippen LogP contribution in [0.3, 0.4) is 0 Å². The number of ether oxygens (including phenoxy) is 1. The molecule has 0 fully saturated rings. The molecule has 0 bridgehead atoms. The third-order valence-corrected chi connectivity index (χ3v) is 3.00. The zero-order valence-corrected chi connectivity index (χ0v) is 11.4. The van der Waals surface area contributed by atoms with Crippen molar-refractivity contribution in [3.63, 3.8) is 0 Å². The highest BCUT2D eigenvalue weighted by Crippen LogP contribution is 2.25. The van der Waals surface area contributed by atoms with Gasteiger partial charge in [0, 0.05) is 18.2 Å². The van der Waals surface area contributed by atoms with Crippen molar-refractivity contribution in [2.24, 2.45) is 0 Å². The average Bonchev–Trinajstić information content (AvgIpc) is 2.38. The van der Waals surface area contributed by atoms with Gasteiger partial charge in [-0.2, -0.15) is 0 Å². The molecule has 0 aliphatic rings. The van der Waals surface area contributed by atoms with Gasteiger partial charge in [-0.3, -0.25) is 0 Å². The van der Waals surface area contributed by atoms with Crippen LogP contribution in [0.5, 0.6) is 5.75 Å². The lowest BCUT2D eigenvalue weighted by atomic mass is 10.1. The Morgan fingerprint density at radius 2 is 2.00 bits per heavy atom. The zero-order chi connectivity index (χ0) is 12.7. The van der Waals surface area contributed by atoms with Crippen LogP contribution in [0.25, 0.3) is 0 Å². The van der Waals surface area contributed by atoms with Crippen molar-refractivity contribution >= 4 is 0 Å². The number of rotatable bonds is 7. The van der Waals surface area contributed by atoms with Crippen LogP contribution in [0.2, 0.25) is 0 Å². The molecule has 1 aromatic carbocycles. The summed E-state index contributed by atoms with van der Waals surface area (Å²) >= 11 is 0. The molecule has 0 aromatic heterocycles. The number of nitrogens with one attached hydrogen (secondary N) is 1. The van der Waals surface area contributed by atoms with Gasteiger partial charge in [0.15, 0.2) is 0 Å². The molecule has 3 heteroatoms. The number of para-hydroxylation sites is 1. The second kappa shape index (κ2) is 7.30. The van der Waals surface area contributed by atoms with Gasteiger partial charge in [-0.15, -0.1) is 0 Å². The van der Waals surface area contributed by atoms with E-state index in [-0.39, 0.29) is 0 Å². The van der Waals surface area contributed by atoms with E-state index in [0.717, 1.165) is 25.4 Å². The molecule has 0 amide bonds. The number of nitrogens with zero attached hydrogens (tertiary/aromatic N) is 1. The van der Waals surface area contributed by atoms with Gasteiger partial charge >= 0.3 is 0 Å². The highest BCUT2D eigenvalue weighted by molar-refractivity contribution is 5.36. The molecule has 0 aliphatic heterocycles. The van der Waals surface area contributed by atoms with Crippen LogP contribution in [0.4, 0.5) is 0 Å². The average molecular weight is 236 g/mol. The third kappa shape index (κ3) is 4.02. The van der Waals surface area contributed by atoms with Gasteiger partial charge < -0.3 is 15.0 Å². The zero-order valence-electron chi connectivity index (χ0n) is 11.4. The summed E-state index contributed by atoms with van der Waals surface area (Å²) in [6.45, 7) is 7.31. The highest BCUT2D eigenvalue weighted by Gasteiger charge is 2.15. The van der Waals surface area contributed by atoms with Crippen molar-refractivity contribution in [2.45, 2.75) is 19.9 Å². The van der Waals surface area contributed by atoms with Crippen molar-refractivity contribution in [2.75, 3.05) is 33.8 Å². The molecule has 0 aliphatic carbocycles. The van der Waals surface area contributed by atoms with Crippen molar-refractivity contribution < 1.29 is 4.74 Å². The summed E-state index contributed by atoms with van der Waals surface area (Å²) in [4.78, 5) is 2.31. The number of likely N-dealkylation sites (N-methyl/N-ethyl adjacent to an activating group) is 2. The Morgan fingerprint density at radius 1 is 1.29 bits per heavy atom. The lowest BCUT2D eigenvalue weighted by Crippen LogP contribution is -2.33. The van der Waals surface area contributed by atoms with E-state index in [1.54, 1.807) is 7.11 Å². The minimum atomic E-state index is 0.320. The number of benzene rings is 1. The van der Waals surface area contributed by atoms with Crippen molar-refractivity contribution in [1.82, 2.24) is 10.2 Å². The molecule has 0 spiro atoms. The molecule has 0 saturated carbocycles. The fraction of sp³-hybridized carbons (Fsp3) is 0.571. The quantitative estimate of drug-likeness (QED) is 0.786. The van der Waals surface area contributed by atoms with E-state index in [9.17, 15) is 0 Å². The van der Waals surface area contributed by atoms with Crippen molar-refractivity contribution in [1.29, 1.82) is 0 Å². The molecule has 0 radical (unpaired) electrons. The molecule has 1 atom stereocenters. The van der Waals surface area contributed by atoms with Crippen LogP contribution in [0.15, 0.2) is 24.3 Å². The number of hydrogen-bond acceptors (Lipinski definition) is 3. The first-order valence-electron chi connectivity index (χ1n) is 6.27. The molecule has 1 unspecified atom stereocenters. The van der Waals surface area contributed by atoms with E-state index in [1.165, 1.54) is 5.56 Å². The van der Waals surface area contributed by atoms with Crippen LogP contribution >= 0.6 is 0 Å². The van der Waals surface area contributed by atoms with Crippen LogP contribution in [-0.2, 0) is 0 Å². The minimum absolute atomic E-state index is 0.320. The lowest BCUT2D eigenvalue weighted by molar-refractivity contribution is 0.300. The van der Waals surface area contributed by atoms with Crippen LogP contribution < -0.4 is 10.1 Å². The van der Waals surface area contributed by atoms with E-state index in [4.69, 9.17) is 4.74 Å². The van der Waals surface area contributed by atoms with Crippen molar-refractivity contribution in [3.05, 3.63) is 29.8 Å². The summed E-state index contributed by atoms with van der Waals surface area (Å²) < 4.78 is 5.43. The molecule has 3 nitrogen and oxygen atoms in total. The Balaban J connectivity index is 2.88.